The quantitative estimate of drug-likeness (QED) is 0.800. The molecule has 0 aromatic carbocycles. The summed E-state index contributed by atoms with van der Waals surface area (Å²) in [5.74, 6) is -0.203. The molecule has 2 aliphatic rings. The summed E-state index contributed by atoms with van der Waals surface area (Å²) in [6.45, 7) is 2.47. The first-order chi connectivity index (χ1) is 12.5. The fourth-order valence-corrected chi connectivity index (χ4v) is 4.14. The van der Waals surface area contributed by atoms with Crippen molar-refractivity contribution in [2.45, 2.75) is 44.1 Å². The van der Waals surface area contributed by atoms with Gasteiger partial charge in [-0.25, -0.2) is 4.39 Å². The molecule has 2 amide bonds. The molecule has 0 aliphatic carbocycles. The molecule has 142 valence electrons. The van der Waals surface area contributed by atoms with Crippen molar-refractivity contribution in [3.05, 3.63) is 29.8 Å². The van der Waals surface area contributed by atoms with Crippen molar-refractivity contribution in [1.82, 2.24) is 14.8 Å². The maximum atomic E-state index is 13.0. The van der Waals surface area contributed by atoms with Gasteiger partial charge in [-0.2, -0.15) is 0 Å². The van der Waals surface area contributed by atoms with Gasteiger partial charge in [0.2, 0.25) is 11.8 Å². The summed E-state index contributed by atoms with van der Waals surface area (Å²) in [4.78, 5) is 32.7. The smallest absolute Gasteiger partial charge is 0.228 e. The van der Waals surface area contributed by atoms with E-state index in [1.807, 2.05) is 9.80 Å². The molecule has 2 saturated heterocycles. The molecule has 0 N–H and O–H groups in total. The van der Waals surface area contributed by atoms with Gasteiger partial charge in [-0.05, 0) is 37.8 Å². The highest BCUT2D eigenvalue weighted by molar-refractivity contribution is 5.80. The number of carbonyl (C=O) groups excluding carboxylic acids is 2. The lowest BCUT2D eigenvalue weighted by molar-refractivity contribution is -0.132. The van der Waals surface area contributed by atoms with Gasteiger partial charge in [-0.1, -0.05) is 0 Å². The molecule has 3 rings (SSSR count). The molecule has 1 spiro atoms. The fraction of sp³-hybridized carbons (Fsp3) is 0.632. The van der Waals surface area contributed by atoms with E-state index in [1.165, 1.54) is 6.07 Å². The number of halogens is 1. The number of pyridine rings is 1. The Morgan fingerprint density at radius 2 is 2.15 bits per heavy atom. The Labute approximate surface area is 153 Å². The Morgan fingerprint density at radius 3 is 2.88 bits per heavy atom. The number of hydrogen-bond acceptors (Lipinski definition) is 4. The van der Waals surface area contributed by atoms with Crippen LogP contribution in [0.25, 0.3) is 0 Å². The SMILES string of the molecule is COCCN1C(=O)CCC12CCCN(C(=O)Cc1ccc(F)cn1)CC2. The number of aromatic nitrogens is 1. The number of nitrogens with zero attached hydrogens (tertiary/aromatic N) is 3. The summed E-state index contributed by atoms with van der Waals surface area (Å²) >= 11 is 0. The molecule has 6 nitrogen and oxygen atoms in total. The van der Waals surface area contributed by atoms with Gasteiger partial charge in [-0.15, -0.1) is 0 Å². The molecule has 26 heavy (non-hydrogen) atoms. The number of likely N-dealkylation sites (tertiary alicyclic amines) is 2. The number of ether oxygens (including phenoxy) is 1. The van der Waals surface area contributed by atoms with E-state index >= 15 is 0 Å². The Balaban J connectivity index is 1.63. The van der Waals surface area contributed by atoms with E-state index in [0.29, 0.717) is 38.4 Å². The average Bonchev–Trinajstić information content (AvgIpc) is 2.81. The van der Waals surface area contributed by atoms with E-state index < -0.39 is 5.82 Å². The first-order valence-electron chi connectivity index (χ1n) is 9.22. The van der Waals surface area contributed by atoms with Crippen molar-refractivity contribution in [3.63, 3.8) is 0 Å². The Bertz CT molecular complexity index is 652. The molecule has 1 aromatic rings. The first kappa shape index (κ1) is 18.8. The summed E-state index contributed by atoms with van der Waals surface area (Å²) in [6.07, 6.45) is 5.34. The largest absolute Gasteiger partial charge is 0.383 e. The molecule has 2 fully saturated rings. The third-order valence-corrected chi connectivity index (χ3v) is 5.59. The van der Waals surface area contributed by atoms with Gasteiger partial charge < -0.3 is 14.5 Å². The predicted molar refractivity (Wildman–Crippen MR) is 93.9 cm³/mol. The van der Waals surface area contributed by atoms with E-state index in [0.717, 1.165) is 31.9 Å². The van der Waals surface area contributed by atoms with Crippen LogP contribution in [0.1, 0.15) is 37.8 Å². The van der Waals surface area contributed by atoms with Crippen LogP contribution in [0.15, 0.2) is 18.3 Å². The molecule has 1 unspecified atom stereocenters. The number of hydrogen-bond donors (Lipinski definition) is 0. The van der Waals surface area contributed by atoms with Gasteiger partial charge in [0, 0.05) is 44.4 Å². The standard InChI is InChI=1S/C19H26FN3O3/c1-26-12-11-23-17(24)5-7-19(23)6-2-9-22(10-8-19)18(25)13-16-4-3-15(20)14-21-16/h3-4,14H,2,5-13H2,1H3. The van der Waals surface area contributed by atoms with Gasteiger partial charge in [0.1, 0.15) is 5.82 Å². The number of methoxy groups -OCH3 is 1. The molecular formula is C19H26FN3O3. The van der Waals surface area contributed by atoms with Gasteiger partial charge in [0.05, 0.1) is 19.2 Å². The summed E-state index contributed by atoms with van der Waals surface area (Å²) in [5, 5.41) is 0. The van der Waals surface area contributed by atoms with E-state index in [9.17, 15) is 14.0 Å². The van der Waals surface area contributed by atoms with Crippen LogP contribution in [0.3, 0.4) is 0 Å². The molecule has 0 bridgehead atoms. The third kappa shape index (κ3) is 4.03. The third-order valence-electron chi connectivity index (χ3n) is 5.59. The molecule has 7 heteroatoms. The van der Waals surface area contributed by atoms with Gasteiger partial charge in [-0.3, -0.25) is 14.6 Å². The van der Waals surface area contributed by atoms with Crippen molar-refractivity contribution in [2.24, 2.45) is 0 Å². The van der Waals surface area contributed by atoms with Crippen LogP contribution in [0.5, 0.6) is 0 Å². The van der Waals surface area contributed by atoms with Crippen molar-refractivity contribution < 1.29 is 18.7 Å². The second kappa shape index (κ2) is 8.12. The van der Waals surface area contributed by atoms with Gasteiger partial charge >= 0.3 is 0 Å². The van der Waals surface area contributed by atoms with Crippen LogP contribution >= 0.6 is 0 Å². The molecule has 1 aromatic heterocycles. The highest BCUT2D eigenvalue weighted by atomic mass is 19.1. The van der Waals surface area contributed by atoms with Crippen LogP contribution in [-0.2, 0) is 20.7 Å². The van der Waals surface area contributed by atoms with E-state index in [4.69, 9.17) is 4.74 Å². The van der Waals surface area contributed by atoms with Crippen LogP contribution in [0.2, 0.25) is 0 Å². The monoisotopic (exact) mass is 363 g/mol. The lowest BCUT2D eigenvalue weighted by Gasteiger charge is -2.38. The van der Waals surface area contributed by atoms with Crippen molar-refractivity contribution in [2.75, 3.05) is 33.4 Å². The molecule has 0 radical (unpaired) electrons. The minimum atomic E-state index is -0.403. The maximum Gasteiger partial charge on any atom is 0.228 e. The van der Waals surface area contributed by atoms with Crippen molar-refractivity contribution >= 4 is 11.8 Å². The summed E-state index contributed by atoms with van der Waals surface area (Å²) in [6, 6.07) is 2.87. The summed E-state index contributed by atoms with van der Waals surface area (Å²) in [5.41, 5.74) is 0.437. The zero-order chi connectivity index (χ0) is 18.6. The van der Waals surface area contributed by atoms with E-state index in [2.05, 4.69) is 4.98 Å². The minimum absolute atomic E-state index is 0.00826. The number of amides is 2. The van der Waals surface area contributed by atoms with E-state index in [1.54, 1.807) is 13.2 Å². The van der Waals surface area contributed by atoms with Crippen molar-refractivity contribution in [1.29, 1.82) is 0 Å². The zero-order valence-corrected chi connectivity index (χ0v) is 15.2. The Hall–Kier alpha value is -2.02. The Kier molecular flexibility index (Phi) is 5.86. The van der Waals surface area contributed by atoms with E-state index in [-0.39, 0.29) is 23.8 Å². The molecule has 1 atom stereocenters. The summed E-state index contributed by atoms with van der Waals surface area (Å²) in [7, 11) is 1.64. The highest BCUT2D eigenvalue weighted by Gasteiger charge is 2.45. The van der Waals surface area contributed by atoms with Crippen LogP contribution in [0, 0.1) is 5.82 Å². The van der Waals surface area contributed by atoms with Crippen LogP contribution in [0.4, 0.5) is 4.39 Å². The number of rotatable bonds is 5. The van der Waals surface area contributed by atoms with Gasteiger partial charge in [0.15, 0.2) is 0 Å². The molecule has 0 saturated carbocycles. The number of carbonyl (C=O) groups is 2. The lowest BCUT2D eigenvalue weighted by atomic mass is 9.88. The van der Waals surface area contributed by atoms with Crippen LogP contribution in [-0.4, -0.2) is 65.5 Å². The zero-order valence-electron chi connectivity index (χ0n) is 15.2. The lowest BCUT2D eigenvalue weighted by Crippen LogP contribution is -2.48. The average molecular weight is 363 g/mol. The maximum absolute atomic E-state index is 13.0. The molecule has 3 heterocycles. The topological polar surface area (TPSA) is 62.7 Å². The molecular weight excluding hydrogens is 337 g/mol. The highest BCUT2D eigenvalue weighted by Crippen LogP contribution is 2.39. The second-order valence-electron chi connectivity index (χ2n) is 7.14. The summed E-state index contributed by atoms with van der Waals surface area (Å²) < 4.78 is 18.1. The second-order valence-corrected chi connectivity index (χ2v) is 7.14. The Morgan fingerprint density at radius 1 is 1.31 bits per heavy atom. The van der Waals surface area contributed by atoms with Crippen molar-refractivity contribution in [3.8, 4) is 0 Å². The van der Waals surface area contributed by atoms with Crippen LogP contribution < -0.4 is 0 Å². The molecule has 2 aliphatic heterocycles. The first-order valence-corrected chi connectivity index (χ1v) is 9.22. The predicted octanol–water partition coefficient (Wildman–Crippen LogP) is 1.78. The van der Waals surface area contributed by atoms with Gasteiger partial charge in [0.25, 0.3) is 0 Å². The minimum Gasteiger partial charge on any atom is -0.383 e. The normalized spacial score (nSPS) is 23.5. The fourth-order valence-electron chi connectivity index (χ4n) is 4.14.